The average molecular weight is 108 g/mol. The lowest BCUT2D eigenvalue weighted by molar-refractivity contribution is -0.111. The first-order valence-corrected chi connectivity index (χ1v) is 2.61. The van der Waals surface area contributed by atoms with Crippen LogP contribution in [0.3, 0.4) is 0 Å². The molecule has 0 amide bonds. The molecule has 0 aromatic heterocycles. The molecule has 0 aromatic carbocycles. The molecule has 1 heteroatoms. The highest BCUT2D eigenvalue weighted by Crippen LogP contribution is 2.11. The molecule has 0 unspecified atom stereocenters. The highest BCUT2D eigenvalue weighted by molar-refractivity contribution is 6.10. The van der Waals surface area contributed by atoms with E-state index in [1.165, 1.54) is 0 Å². The molecule has 0 saturated carbocycles. The molecule has 0 bridgehead atoms. The van der Waals surface area contributed by atoms with Crippen LogP contribution in [0.1, 0.15) is 13.8 Å². The van der Waals surface area contributed by atoms with Gasteiger partial charge in [-0.2, -0.15) is 0 Å². The maximum absolute atomic E-state index is 10.8. The van der Waals surface area contributed by atoms with E-state index in [9.17, 15) is 4.79 Å². The molecule has 0 spiro atoms. The second-order valence-corrected chi connectivity index (χ2v) is 2.03. The molecule has 0 aliphatic heterocycles. The molecule has 42 valence electrons. The number of ketones is 1. The minimum Gasteiger partial charge on any atom is -0.289 e. The van der Waals surface area contributed by atoms with Crippen LogP contribution in [0.15, 0.2) is 23.3 Å². The number of carbonyl (C=O) groups is 1. The predicted molar refractivity (Wildman–Crippen MR) is 32.5 cm³/mol. The largest absolute Gasteiger partial charge is 0.289 e. The molecule has 1 nitrogen and oxygen atoms in total. The van der Waals surface area contributed by atoms with Gasteiger partial charge in [-0.25, -0.2) is 0 Å². The Hall–Kier alpha value is -0.850. The zero-order valence-corrected chi connectivity index (χ0v) is 5.06. The van der Waals surface area contributed by atoms with Crippen LogP contribution >= 0.6 is 0 Å². The van der Waals surface area contributed by atoms with Gasteiger partial charge in [0.2, 0.25) is 0 Å². The van der Waals surface area contributed by atoms with Crippen molar-refractivity contribution in [1.29, 1.82) is 0 Å². The highest BCUT2D eigenvalue weighted by atomic mass is 16.1. The standard InChI is InChI=1S/C7H8O/c1-5-3-4-6(2)7(5)8/h3-4H,1-2H3. The van der Waals surface area contributed by atoms with E-state index in [1.54, 1.807) is 0 Å². The van der Waals surface area contributed by atoms with Crippen molar-refractivity contribution in [3.8, 4) is 0 Å². The Bertz CT molecular complexity index is 165. The maximum atomic E-state index is 10.8. The minimum atomic E-state index is 0.185. The van der Waals surface area contributed by atoms with Gasteiger partial charge in [-0.05, 0) is 25.0 Å². The normalized spacial score (nSPS) is 18.5. The van der Waals surface area contributed by atoms with Crippen molar-refractivity contribution < 1.29 is 4.79 Å². The molecule has 0 N–H and O–H groups in total. The quantitative estimate of drug-likeness (QED) is 0.459. The number of Topliss-reactive ketones (excluding diaryl/α,β-unsaturated/α-hetero) is 1. The third-order valence-corrected chi connectivity index (χ3v) is 1.30. The molecule has 1 rings (SSSR count). The van der Waals surface area contributed by atoms with Gasteiger partial charge < -0.3 is 0 Å². The van der Waals surface area contributed by atoms with Gasteiger partial charge in [0.05, 0.1) is 0 Å². The van der Waals surface area contributed by atoms with Crippen LogP contribution in [0.25, 0.3) is 0 Å². The number of hydrogen-bond donors (Lipinski definition) is 0. The van der Waals surface area contributed by atoms with Gasteiger partial charge in [0.15, 0.2) is 5.78 Å². The van der Waals surface area contributed by atoms with Crippen LogP contribution < -0.4 is 0 Å². The predicted octanol–water partition coefficient (Wildman–Crippen LogP) is 1.46. The van der Waals surface area contributed by atoms with Crippen molar-refractivity contribution in [2.45, 2.75) is 13.8 Å². The Morgan fingerprint density at radius 2 is 1.50 bits per heavy atom. The summed E-state index contributed by atoms with van der Waals surface area (Å²) in [7, 11) is 0. The smallest absolute Gasteiger partial charge is 0.184 e. The van der Waals surface area contributed by atoms with Crippen molar-refractivity contribution in [3.05, 3.63) is 23.3 Å². The average Bonchev–Trinajstić information content (AvgIpc) is 1.98. The fourth-order valence-electron chi connectivity index (χ4n) is 0.712. The van der Waals surface area contributed by atoms with Gasteiger partial charge in [0, 0.05) is 0 Å². The minimum absolute atomic E-state index is 0.185. The molecule has 0 atom stereocenters. The molecule has 8 heavy (non-hydrogen) atoms. The van der Waals surface area contributed by atoms with E-state index in [1.807, 2.05) is 26.0 Å². The first-order chi connectivity index (χ1) is 3.72. The SMILES string of the molecule is CC1=CC=C(C)C1=O. The van der Waals surface area contributed by atoms with Crippen molar-refractivity contribution in [3.63, 3.8) is 0 Å². The van der Waals surface area contributed by atoms with E-state index >= 15 is 0 Å². The molecule has 0 saturated heterocycles. The molecule has 0 heterocycles. The van der Waals surface area contributed by atoms with E-state index < -0.39 is 0 Å². The maximum Gasteiger partial charge on any atom is 0.184 e. The Labute approximate surface area is 48.7 Å². The van der Waals surface area contributed by atoms with Gasteiger partial charge in [-0.1, -0.05) is 12.2 Å². The van der Waals surface area contributed by atoms with Crippen LogP contribution in [0.5, 0.6) is 0 Å². The summed E-state index contributed by atoms with van der Waals surface area (Å²) >= 11 is 0. The molecule has 0 aromatic rings. The first kappa shape index (κ1) is 5.29. The Morgan fingerprint density at radius 3 is 1.62 bits per heavy atom. The van der Waals surface area contributed by atoms with Crippen molar-refractivity contribution in [2.24, 2.45) is 0 Å². The first-order valence-electron chi connectivity index (χ1n) is 2.61. The van der Waals surface area contributed by atoms with E-state index in [0.29, 0.717) is 0 Å². The van der Waals surface area contributed by atoms with Crippen molar-refractivity contribution in [1.82, 2.24) is 0 Å². The van der Waals surface area contributed by atoms with E-state index in [4.69, 9.17) is 0 Å². The summed E-state index contributed by atoms with van der Waals surface area (Å²) in [5.74, 6) is 0.185. The Kier molecular flexibility index (Phi) is 1.05. The number of carbonyl (C=O) groups excluding carboxylic acids is 1. The summed E-state index contributed by atoms with van der Waals surface area (Å²) in [4.78, 5) is 10.8. The molecular weight excluding hydrogens is 100 g/mol. The van der Waals surface area contributed by atoms with Crippen LogP contribution in [0.2, 0.25) is 0 Å². The van der Waals surface area contributed by atoms with Gasteiger partial charge >= 0.3 is 0 Å². The zero-order chi connectivity index (χ0) is 6.15. The lowest BCUT2D eigenvalue weighted by atomic mass is 10.2. The van der Waals surface area contributed by atoms with E-state index in [2.05, 4.69) is 0 Å². The summed E-state index contributed by atoms with van der Waals surface area (Å²) in [5, 5.41) is 0. The number of allylic oxidation sites excluding steroid dienone is 4. The summed E-state index contributed by atoms with van der Waals surface area (Å²) in [6.07, 6.45) is 3.69. The van der Waals surface area contributed by atoms with Gasteiger partial charge in [0.25, 0.3) is 0 Å². The van der Waals surface area contributed by atoms with E-state index in [0.717, 1.165) is 11.1 Å². The third kappa shape index (κ3) is 0.601. The molecule has 0 radical (unpaired) electrons. The van der Waals surface area contributed by atoms with Gasteiger partial charge in [-0.15, -0.1) is 0 Å². The number of hydrogen-bond acceptors (Lipinski definition) is 1. The van der Waals surface area contributed by atoms with Crippen molar-refractivity contribution >= 4 is 5.78 Å². The van der Waals surface area contributed by atoms with Crippen LogP contribution in [0.4, 0.5) is 0 Å². The number of rotatable bonds is 0. The monoisotopic (exact) mass is 108 g/mol. The molecule has 1 aliphatic rings. The van der Waals surface area contributed by atoms with Crippen LogP contribution in [0, 0.1) is 0 Å². The Balaban J connectivity index is 2.92. The Morgan fingerprint density at radius 1 is 1.12 bits per heavy atom. The van der Waals surface area contributed by atoms with E-state index in [-0.39, 0.29) is 5.78 Å². The van der Waals surface area contributed by atoms with Crippen LogP contribution in [-0.4, -0.2) is 5.78 Å². The lowest BCUT2D eigenvalue weighted by Crippen LogP contribution is -1.94. The zero-order valence-electron chi connectivity index (χ0n) is 5.06. The van der Waals surface area contributed by atoms with Gasteiger partial charge in [-0.3, -0.25) is 4.79 Å². The lowest BCUT2D eigenvalue weighted by Gasteiger charge is -1.87. The molecule has 1 aliphatic carbocycles. The summed E-state index contributed by atoms with van der Waals surface area (Å²) in [6, 6.07) is 0. The van der Waals surface area contributed by atoms with Gasteiger partial charge in [0.1, 0.15) is 0 Å². The third-order valence-electron chi connectivity index (χ3n) is 1.30. The second-order valence-electron chi connectivity index (χ2n) is 2.03. The molecular formula is C7H8O. The fourth-order valence-corrected chi connectivity index (χ4v) is 0.712. The summed E-state index contributed by atoms with van der Waals surface area (Å²) in [6.45, 7) is 3.66. The summed E-state index contributed by atoms with van der Waals surface area (Å²) in [5.41, 5.74) is 1.70. The fraction of sp³-hybridized carbons (Fsp3) is 0.286. The topological polar surface area (TPSA) is 17.1 Å². The highest BCUT2D eigenvalue weighted by Gasteiger charge is 2.09. The second kappa shape index (κ2) is 1.58. The van der Waals surface area contributed by atoms with Crippen LogP contribution in [-0.2, 0) is 4.79 Å². The van der Waals surface area contributed by atoms with Crippen molar-refractivity contribution in [2.75, 3.05) is 0 Å². The molecule has 0 fully saturated rings. The summed E-state index contributed by atoms with van der Waals surface area (Å²) < 4.78 is 0.